The van der Waals surface area contributed by atoms with E-state index >= 15 is 0 Å². The molecule has 15 heavy (non-hydrogen) atoms. The van der Waals surface area contributed by atoms with Crippen LogP contribution in [0.5, 0.6) is 0 Å². The maximum Gasteiger partial charge on any atom is 0.335 e. The first kappa shape index (κ1) is 11.5. The fourth-order valence-corrected chi connectivity index (χ4v) is 1.30. The highest BCUT2D eigenvalue weighted by Crippen LogP contribution is 2.13. The predicted molar refractivity (Wildman–Crippen MR) is 60.8 cm³/mol. The lowest BCUT2D eigenvalue weighted by atomic mass is 10.0. The molecule has 0 unspecified atom stereocenters. The molecule has 0 fully saturated rings. The molecule has 0 bridgehead atoms. The Kier molecular flexibility index (Phi) is 4.06. The Balaban J connectivity index is 2.88. The summed E-state index contributed by atoms with van der Waals surface area (Å²) in [5.74, 6) is -0.893. The van der Waals surface area contributed by atoms with Gasteiger partial charge in [-0.15, -0.1) is 0 Å². The highest BCUT2D eigenvalue weighted by Gasteiger charge is 2.03. The fraction of sp³-hybridized carbons (Fsp3) is 0.250. The third-order valence-corrected chi connectivity index (χ3v) is 2.15. The highest BCUT2D eigenvalue weighted by atomic mass is 16.4. The average molecular weight is 205 g/mol. The van der Waals surface area contributed by atoms with Crippen LogP contribution in [0.2, 0.25) is 0 Å². The summed E-state index contributed by atoms with van der Waals surface area (Å²) in [7, 11) is 0. The van der Waals surface area contributed by atoms with Crippen molar-refractivity contribution in [2.75, 3.05) is 6.54 Å². The molecular weight excluding hydrogens is 190 g/mol. The summed E-state index contributed by atoms with van der Waals surface area (Å²) in [5, 5.41) is 8.78. The molecule has 0 aliphatic heterocycles. The van der Waals surface area contributed by atoms with E-state index in [4.69, 9.17) is 10.8 Å². The SMILES string of the molecule is Cc1cc(C(=O)O)ccc1C=CCCN. The molecule has 0 heterocycles. The average Bonchev–Trinajstić information content (AvgIpc) is 2.20. The summed E-state index contributed by atoms with van der Waals surface area (Å²) in [6.07, 6.45) is 4.79. The van der Waals surface area contributed by atoms with Gasteiger partial charge in [-0.05, 0) is 43.1 Å². The molecule has 3 heteroatoms. The number of aryl methyl sites for hydroxylation is 1. The van der Waals surface area contributed by atoms with Crippen LogP contribution in [-0.2, 0) is 0 Å². The molecule has 0 saturated heterocycles. The number of rotatable bonds is 4. The van der Waals surface area contributed by atoms with Crippen molar-refractivity contribution in [2.24, 2.45) is 5.73 Å². The zero-order valence-corrected chi connectivity index (χ0v) is 8.73. The Bertz CT molecular complexity index is 383. The molecule has 1 rings (SSSR count). The lowest BCUT2D eigenvalue weighted by Crippen LogP contribution is -1.97. The van der Waals surface area contributed by atoms with E-state index in [1.807, 2.05) is 25.1 Å². The molecule has 0 amide bonds. The lowest BCUT2D eigenvalue weighted by Gasteiger charge is -2.01. The van der Waals surface area contributed by atoms with E-state index in [9.17, 15) is 4.79 Å². The molecule has 0 radical (unpaired) electrons. The molecule has 3 N–H and O–H groups in total. The van der Waals surface area contributed by atoms with Gasteiger partial charge in [0.1, 0.15) is 0 Å². The second-order valence-electron chi connectivity index (χ2n) is 3.36. The minimum atomic E-state index is -0.893. The van der Waals surface area contributed by atoms with Crippen LogP contribution in [0.25, 0.3) is 6.08 Å². The fourth-order valence-electron chi connectivity index (χ4n) is 1.30. The number of hydrogen-bond acceptors (Lipinski definition) is 2. The second kappa shape index (κ2) is 5.32. The normalized spacial score (nSPS) is 10.8. The summed E-state index contributed by atoms with van der Waals surface area (Å²) in [4.78, 5) is 10.7. The van der Waals surface area contributed by atoms with Crippen molar-refractivity contribution in [3.05, 3.63) is 41.0 Å². The van der Waals surface area contributed by atoms with Crippen LogP contribution in [0.15, 0.2) is 24.3 Å². The van der Waals surface area contributed by atoms with Crippen molar-refractivity contribution in [3.8, 4) is 0 Å². The summed E-state index contributed by atoms with van der Waals surface area (Å²) < 4.78 is 0. The van der Waals surface area contributed by atoms with Gasteiger partial charge in [-0.25, -0.2) is 4.79 Å². The Labute approximate surface area is 89.2 Å². The summed E-state index contributed by atoms with van der Waals surface area (Å²) in [6.45, 7) is 2.53. The number of carboxylic acids is 1. The second-order valence-corrected chi connectivity index (χ2v) is 3.36. The molecule has 1 aromatic rings. The van der Waals surface area contributed by atoms with Crippen molar-refractivity contribution in [1.29, 1.82) is 0 Å². The number of benzene rings is 1. The first-order valence-corrected chi connectivity index (χ1v) is 4.85. The van der Waals surface area contributed by atoms with Crippen LogP contribution in [0.4, 0.5) is 0 Å². The van der Waals surface area contributed by atoms with E-state index in [0.717, 1.165) is 17.5 Å². The molecule has 3 nitrogen and oxygen atoms in total. The van der Waals surface area contributed by atoms with Crippen LogP contribution >= 0.6 is 0 Å². The van der Waals surface area contributed by atoms with Gasteiger partial charge in [-0.2, -0.15) is 0 Å². The monoisotopic (exact) mass is 205 g/mol. The molecule has 0 atom stereocenters. The summed E-state index contributed by atoms with van der Waals surface area (Å²) in [5.41, 5.74) is 7.69. The maximum atomic E-state index is 10.7. The van der Waals surface area contributed by atoms with E-state index in [1.54, 1.807) is 12.1 Å². The van der Waals surface area contributed by atoms with E-state index in [-0.39, 0.29) is 0 Å². The predicted octanol–water partition coefficient (Wildman–Crippen LogP) is 2.06. The largest absolute Gasteiger partial charge is 0.478 e. The van der Waals surface area contributed by atoms with Crippen LogP contribution in [0.3, 0.4) is 0 Å². The lowest BCUT2D eigenvalue weighted by molar-refractivity contribution is 0.0697. The van der Waals surface area contributed by atoms with Crippen LogP contribution < -0.4 is 5.73 Å². The molecule has 80 valence electrons. The van der Waals surface area contributed by atoms with Gasteiger partial charge in [0.2, 0.25) is 0 Å². The van der Waals surface area contributed by atoms with Gasteiger partial charge >= 0.3 is 5.97 Å². The van der Waals surface area contributed by atoms with Gasteiger partial charge in [0.05, 0.1) is 5.56 Å². The maximum absolute atomic E-state index is 10.7. The number of nitrogens with two attached hydrogens (primary N) is 1. The highest BCUT2D eigenvalue weighted by molar-refractivity contribution is 5.88. The zero-order chi connectivity index (χ0) is 11.3. The quantitative estimate of drug-likeness (QED) is 0.790. The minimum absolute atomic E-state index is 0.323. The van der Waals surface area contributed by atoms with Gasteiger partial charge in [0, 0.05) is 0 Å². The van der Waals surface area contributed by atoms with Crippen molar-refractivity contribution < 1.29 is 9.90 Å². The van der Waals surface area contributed by atoms with E-state index in [2.05, 4.69) is 0 Å². The third-order valence-electron chi connectivity index (χ3n) is 2.15. The number of carbonyl (C=O) groups is 1. The van der Waals surface area contributed by atoms with E-state index in [1.165, 1.54) is 0 Å². The molecular formula is C12H15NO2. The van der Waals surface area contributed by atoms with Crippen LogP contribution in [-0.4, -0.2) is 17.6 Å². The molecule has 0 aliphatic rings. The molecule has 0 aliphatic carbocycles. The third kappa shape index (κ3) is 3.22. The summed E-state index contributed by atoms with van der Waals surface area (Å²) in [6, 6.07) is 5.09. The molecule has 1 aromatic carbocycles. The summed E-state index contributed by atoms with van der Waals surface area (Å²) >= 11 is 0. The number of carboxylic acid groups (broad SMARTS) is 1. The van der Waals surface area contributed by atoms with Crippen molar-refractivity contribution >= 4 is 12.0 Å². The van der Waals surface area contributed by atoms with E-state index in [0.29, 0.717) is 12.1 Å². The van der Waals surface area contributed by atoms with Crippen molar-refractivity contribution in [2.45, 2.75) is 13.3 Å². The van der Waals surface area contributed by atoms with E-state index < -0.39 is 5.97 Å². The molecule has 0 spiro atoms. The Morgan fingerprint density at radius 2 is 2.27 bits per heavy atom. The first-order chi connectivity index (χ1) is 7.15. The smallest absolute Gasteiger partial charge is 0.335 e. The minimum Gasteiger partial charge on any atom is -0.478 e. The van der Waals surface area contributed by atoms with Gasteiger partial charge < -0.3 is 10.8 Å². The number of hydrogen-bond donors (Lipinski definition) is 2. The molecule has 0 saturated carbocycles. The topological polar surface area (TPSA) is 63.3 Å². The zero-order valence-electron chi connectivity index (χ0n) is 8.73. The number of aromatic carboxylic acids is 1. The Morgan fingerprint density at radius 1 is 1.53 bits per heavy atom. The Morgan fingerprint density at radius 3 is 2.80 bits per heavy atom. The van der Waals surface area contributed by atoms with Crippen LogP contribution in [0.1, 0.15) is 27.9 Å². The van der Waals surface area contributed by atoms with Crippen molar-refractivity contribution in [3.63, 3.8) is 0 Å². The van der Waals surface area contributed by atoms with Gasteiger partial charge in [-0.3, -0.25) is 0 Å². The Hall–Kier alpha value is -1.61. The standard InChI is InChI=1S/C12H15NO2/c1-9-8-11(12(14)15)6-5-10(9)4-2-3-7-13/h2,4-6,8H,3,7,13H2,1H3,(H,14,15). The first-order valence-electron chi connectivity index (χ1n) is 4.85. The van der Waals surface area contributed by atoms with Crippen LogP contribution in [0, 0.1) is 6.92 Å². The van der Waals surface area contributed by atoms with Gasteiger partial charge in [0.15, 0.2) is 0 Å². The van der Waals surface area contributed by atoms with Gasteiger partial charge in [0.25, 0.3) is 0 Å². The van der Waals surface area contributed by atoms with Crippen molar-refractivity contribution in [1.82, 2.24) is 0 Å². The molecule has 0 aromatic heterocycles. The van der Waals surface area contributed by atoms with Gasteiger partial charge in [-0.1, -0.05) is 18.2 Å².